The summed E-state index contributed by atoms with van der Waals surface area (Å²) in [6, 6.07) is 4.99. The van der Waals surface area contributed by atoms with E-state index >= 15 is 0 Å². The minimum Gasteiger partial charge on any atom is -0.206 e. The zero-order valence-corrected chi connectivity index (χ0v) is 8.77. The van der Waals surface area contributed by atoms with Gasteiger partial charge in [-0.3, -0.25) is 0 Å². The van der Waals surface area contributed by atoms with Crippen LogP contribution in [-0.4, -0.2) is 0 Å². The fourth-order valence-corrected chi connectivity index (χ4v) is 1.76. The molecule has 0 bridgehead atoms. The molecule has 2 rings (SSSR count). The third kappa shape index (κ3) is 1.83. The molecule has 13 heavy (non-hydrogen) atoms. The Balaban J connectivity index is 2.37. The first kappa shape index (κ1) is 8.95. The van der Waals surface area contributed by atoms with Gasteiger partial charge in [0.05, 0.1) is 0 Å². The quantitative estimate of drug-likeness (QED) is 0.733. The Hall–Kier alpha value is -0.630. The molecule has 1 aliphatic carbocycles. The van der Waals surface area contributed by atoms with Gasteiger partial charge >= 0.3 is 0 Å². The molecule has 0 radical (unpaired) electrons. The molecular formula is C11H10BrF. The molecule has 1 aliphatic rings. The Morgan fingerprint density at radius 1 is 1.46 bits per heavy atom. The van der Waals surface area contributed by atoms with Crippen molar-refractivity contribution in [2.75, 3.05) is 0 Å². The SMILES string of the molecule is C=C(c1cc(Br)ccc1F)C1CC1. The molecule has 0 heterocycles. The summed E-state index contributed by atoms with van der Waals surface area (Å²) in [6.45, 7) is 3.93. The summed E-state index contributed by atoms with van der Waals surface area (Å²) in [5.74, 6) is 0.351. The Morgan fingerprint density at radius 3 is 2.77 bits per heavy atom. The van der Waals surface area contributed by atoms with Gasteiger partial charge in [-0.1, -0.05) is 22.5 Å². The molecule has 0 atom stereocenters. The Labute approximate surface area is 85.6 Å². The van der Waals surface area contributed by atoms with Crippen LogP contribution in [0.2, 0.25) is 0 Å². The molecule has 68 valence electrons. The molecule has 0 spiro atoms. The second-order valence-corrected chi connectivity index (χ2v) is 4.34. The lowest BCUT2D eigenvalue weighted by Gasteiger charge is -2.05. The minimum absolute atomic E-state index is 0.167. The van der Waals surface area contributed by atoms with Gasteiger partial charge in [0.2, 0.25) is 0 Å². The lowest BCUT2D eigenvalue weighted by atomic mass is 10.0. The molecular weight excluding hydrogens is 231 g/mol. The van der Waals surface area contributed by atoms with Gasteiger partial charge in [0, 0.05) is 10.0 Å². The monoisotopic (exact) mass is 240 g/mol. The van der Waals surface area contributed by atoms with Crippen LogP contribution in [0.5, 0.6) is 0 Å². The van der Waals surface area contributed by atoms with E-state index in [2.05, 4.69) is 22.5 Å². The van der Waals surface area contributed by atoms with Crippen molar-refractivity contribution in [2.45, 2.75) is 12.8 Å². The van der Waals surface area contributed by atoms with Crippen molar-refractivity contribution in [1.29, 1.82) is 0 Å². The van der Waals surface area contributed by atoms with Crippen LogP contribution in [0.3, 0.4) is 0 Å². The first-order valence-electron chi connectivity index (χ1n) is 4.32. The number of benzene rings is 1. The maximum absolute atomic E-state index is 13.3. The van der Waals surface area contributed by atoms with Crippen LogP contribution in [0.1, 0.15) is 18.4 Å². The smallest absolute Gasteiger partial charge is 0.130 e. The van der Waals surface area contributed by atoms with Crippen molar-refractivity contribution >= 4 is 21.5 Å². The highest BCUT2D eigenvalue weighted by Gasteiger charge is 2.26. The van der Waals surface area contributed by atoms with E-state index in [4.69, 9.17) is 0 Å². The molecule has 0 aliphatic heterocycles. The summed E-state index contributed by atoms with van der Waals surface area (Å²) >= 11 is 3.33. The van der Waals surface area contributed by atoms with Crippen LogP contribution >= 0.6 is 15.9 Å². The van der Waals surface area contributed by atoms with Crippen LogP contribution in [0.4, 0.5) is 4.39 Å². The molecule has 1 fully saturated rings. The van der Waals surface area contributed by atoms with E-state index < -0.39 is 0 Å². The number of rotatable bonds is 2. The summed E-state index contributed by atoms with van der Waals surface area (Å²) in [7, 11) is 0. The van der Waals surface area contributed by atoms with Crippen LogP contribution in [0.15, 0.2) is 29.3 Å². The summed E-state index contributed by atoms with van der Waals surface area (Å²) < 4.78 is 14.2. The second-order valence-electron chi connectivity index (χ2n) is 3.42. The molecule has 2 heteroatoms. The predicted octanol–water partition coefficient (Wildman–Crippen LogP) is 4.01. The zero-order chi connectivity index (χ0) is 9.42. The first-order valence-corrected chi connectivity index (χ1v) is 5.12. The van der Waals surface area contributed by atoms with Crippen molar-refractivity contribution in [1.82, 2.24) is 0 Å². The summed E-state index contributed by atoms with van der Waals surface area (Å²) in [4.78, 5) is 0. The molecule has 1 saturated carbocycles. The fourth-order valence-electron chi connectivity index (χ4n) is 1.40. The van der Waals surface area contributed by atoms with Gasteiger partial charge in [-0.15, -0.1) is 0 Å². The number of halogens is 2. The van der Waals surface area contributed by atoms with E-state index in [9.17, 15) is 4.39 Å². The van der Waals surface area contributed by atoms with Crippen molar-refractivity contribution in [2.24, 2.45) is 5.92 Å². The number of hydrogen-bond acceptors (Lipinski definition) is 0. The normalized spacial score (nSPS) is 15.8. The van der Waals surface area contributed by atoms with E-state index in [0.717, 1.165) is 22.9 Å². The summed E-state index contributed by atoms with van der Waals surface area (Å²) in [6.07, 6.45) is 2.32. The van der Waals surface area contributed by atoms with Crippen molar-refractivity contribution in [3.8, 4) is 0 Å². The Morgan fingerprint density at radius 2 is 2.15 bits per heavy atom. The third-order valence-corrected chi connectivity index (χ3v) is 2.84. The molecule has 1 aromatic carbocycles. The number of hydrogen-bond donors (Lipinski definition) is 0. The highest BCUT2D eigenvalue weighted by molar-refractivity contribution is 9.10. The molecule has 0 saturated heterocycles. The molecule has 0 unspecified atom stereocenters. The second kappa shape index (κ2) is 3.26. The van der Waals surface area contributed by atoms with E-state index in [-0.39, 0.29) is 5.82 Å². The van der Waals surface area contributed by atoms with Crippen molar-refractivity contribution in [3.63, 3.8) is 0 Å². The maximum Gasteiger partial charge on any atom is 0.130 e. The van der Waals surface area contributed by atoms with Gasteiger partial charge in [-0.25, -0.2) is 4.39 Å². The van der Waals surface area contributed by atoms with E-state index in [1.165, 1.54) is 6.07 Å². The topological polar surface area (TPSA) is 0 Å². The largest absolute Gasteiger partial charge is 0.206 e. The van der Waals surface area contributed by atoms with Gasteiger partial charge < -0.3 is 0 Å². The summed E-state index contributed by atoms with van der Waals surface area (Å²) in [5, 5.41) is 0. The third-order valence-electron chi connectivity index (χ3n) is 2.34. The van der Waals surface area contributed by atoms with E-state index in [0.29, 0.717) is 11.5 Å². The lowest BCUT2D eigenvalue weighted by Crippen LogP contribution is -1.90. The maximum atomic E-state index is 13.3. The summed E-state index contributed by atoms with van der Waals surface area (Å²) in [5.41, 5.74) is 1.61. The predicted molar refractivity (Wildman–Crippen MR) is 55.9 cm³/mol. The highest BCUT2D eigenvalue weighted by atomic mass is 79.9. The van der Waals surface area contributed by atoms with Crippen molar-refractivity contribution in [3.05, 3.63) is 40.6 Å². The number of allylic oxidation sites excluding steroid dienone is 1. The Kier molecular flexibility index (Phi) is 2.24. The molecule has 1 aromatic rings. The van der Waals surface area contributed by atoms with Crippen molar-refractivity contribution < 1.29 is 4.39 Å². The molecule has 0 aromatic heterocycles. The van der Waals surface area contributed by atoms with Crippen LogP contribution in [-0.2, 0) is 0 Å². The van der Waals surface area contributed by atoms with E-state index in [1.807, 2.05) is 0 Å². The molecule has 0 amide bonds. The standard InChI is InChI=1S/C11H10BrF/c1-7(8-2-3-8)10-6-9(12)4-5-11(10)13/h4-6,8H,1-3H2. The lowest BCUT2D eigenvalue weighted by molar-refractivity contribution is 0.622. The molecule has 0 N–H and O–H groups in total. The van der Waals surface area contributed by atoms with E-state index in [1.54, 1.807) is 12.1 Å². The van der Waals surface area contributed by atoms with Gasteiger partial charge in [0.1, 0.15) is 5.82 Å². The van der Waals surface area contributed by atoms with Crippen LogP contribution in [0.25, 0.3) is 5.57 Å². The van der Waals surface area contributed by atoms with Gasteiger partial charge in [0.25, 0.3) is 0 Å². The van der Waals surface area contributed by atoms with Gasteiger partial charge in [-0.05, 0) is 42.5 Å². The minimum atomic E-state index is -0.167. The van der Waals surface area contributed by atoms with Crippen LogP contribution < -0.4 is 0 Å². The van der Waals surface area contributed by atoms with Gasteiger partial charge in [-0.2, -0.15) is 0 Å². The fraction of sp³-hybridized carbons (Fsp3) is 0.273. The van der Waals surface area contributed by atoms with Crippen LogP contribution in [0, 0.1) is 11.7 Å². The zero-order valence-electron chi connectivity index (χ0n) is 7.19. The molecule has 0 nitrogen and oxygen atoms in total. The Bertz CT molecular complexity index is 353. The highest BCUT2D eigenvalue weighted by Crippen LogP contribution is 2.41. The first-order chi connectivity index (χ1) is 6.18. The average molecular weight is 241 g/mol. The van der Waals surface area contributed by atoms with Gasteiger partial charge in [0.15, 0.2) is 0 Å². The average Bonchev–Trinajstić information content (AvgIpc) is 2.91.